The SMILES string of the molecule is Cc1ccc2c(c1)nc(N)n2CCCCCCC(C)C. The minimum Gasteiger partial charge on any atom is -0.369 e. The summed E-state index contributed by atoms with van der Waals surface area (Å²) in [7, 11) is 0. The molecule has 1 aromatic carbocycles. The Hall–Kier alpha value is -1.51. The van der Waals surface area contributed by atoms with Crippen LogP contribution in [0.5, 0.6) is 0 Å². The van der Waals surface area contributed by atoms with Gasteiger partial charge in [-0.25, -0.2) is 4.98 Å². The second-order valence-corrected chi connectivity index (χ2v) is 6.21. The fraction of sp³-hybridized carbons (Fsp3) is 0.588. The average Bonchev–Trinajstić information content (AvgIpc) is 2.68. The van der Waals surface area contributed by atoms with Crippen molar-refractivity contribution in [2.24, 2.45) is 5.92 Å². The lowest BCUT2D eigenvalue weighted by molar-refractivity contribution is 0.508. The van der Waals surface area contributed by atoms with Crippen molar-refractivity contribution in [3.63, 3.8) is 0 Å². The van der Waals surface area contributed by atoms with Gasteiger partial charge in [0.25, 0.3) is 0 Å². The van der Waals surface area contributed by atoms with Crippen LogP contribution in [0, 0.1) is 12.8 Å². The van der Waals surface area contributed by atoms with E-state index in [0.717, 1.165) is 23.5 Å². The molecular weight excluding hydrogens is 246 g/mol. The molecule has 3 heteroatoms. The van der Waals surface area contributed by atoms with Crippen LogP contribution in [-0.2, 0) is 6.54 Å². The highest BCUT2D eigenvalue weighted by molar-refractivity contribution is 5.79. The Morgan fingerprint density at radius 3 is 2.65 bits per heavy atom. The fourth-order valence-electron chi connectivity index (χ4n) is 2.67. The maximum Gasteiger partial charge on any atom is 0.201 e. The van der Waals surface area contributed by atoms with Gasteiger partial charge in [0.05, 0.1) is 11.0 Å². The summed E-state index contributed by atoms with van der Waals surface area (Å²) in [5.74, 6) is 1.47. The first-order valence-corrected chi connectivity index (χ1v) is 7.80. The summed E-state index contributed by atoms with van der Waals surface area (Å²) in [4.78, 5) is 4.45. The number of nitrogens with zero attached hydrogens (tertiary/aromatic N) is 2. The molecule has 2 N–H and O–H groups in total. The summed E-state index contributed by atoms with van der Waals surface area (Å²) < 4.78 is 2.15. The van der Waals surface area contributed by atoms with Crippen molar-refractivity contribution in [3.8, 4) is 0 Å². The molecule has 1 heterocycles. The van der Waals surface area contributed by atoms with E-state index >= 15 is 0 Å². The van der Waals surface area contributed by atoms with Crippen molar-refractivity contribution in [3.05, 3.63) is 23.8 Å². The van der Waals surface area contributed by atoms with E-state index in [1.54, 1.807) is 0 Å². The summed E-state index contributed by atoms with van der Waals surface area (Å²) >= 11 is 0. The molecule has 0 amide bonds. The van der Waals surface area contributed by atoms with E-state index in [9.17, 15) is 0 Å². The zero-order valence-corrected chi connectivity index (χ0v) is 13.0. The van der Waals surface area contributed by atoms with Gasteiger partial charge in [-0.15, -0.1) is 0 Å². The van der Waals surface area contributed by atoms with Crippen LogP contribution in [-0.4, -0.2) is 9.55 Å². The van der Waals surface area contributed by atoms with Crippen LogP contribution in [0.4, 0.5) is 5.95 Å². The Labute approximate surface area is 122 Å². The molecule has 1 aromatic heterocycles. The summed E-state index contributed by atoms with van der Waals surface area (Å²) in [6, 6.07) is 6.36. The number of nitrogens with two attached hydrogens (primary N) is 1. The summed E-state index contributed by atoms with van der Waals surface area (Å²) in [5, 5.41) is 0. The highest BCUT2D eigenvalue weighted by Gasteiger charge is 2.07. The van der Waals surface area contributed by atoms with Gasteiger partial charge < -0.3 is 10.3 Å². The summed E-state index contributed by atoms with van der Waals surface area (Å²) in [5.41, 5.74) is 9.45. The van der Waals surface area contributed by atoms with Crippen molar-refractivity contribution in [1.29, 1.82) is 0 Å². The number of aryl methyl sites for hydroxylation is 2. The normalized spacial score (nSPS) is 11.6. The van der Waals surface area contributed by atoms with Gasteiger partial charge in [0.1, 0.15) is 0 Å². The van der Waals surface area contributed by atoms with Crippen LogP contribution in [0.1, 0.15) is 51.5 Å². The van der Waals surface area contributed by atoms with Gasteiger partial charge in [-0.2, -0.15) is 0 Å². The van der Waals surface area contributed by atoms with E-state index in [-0.39, 0.29) is 0 Å². The quantitative estimate of drug-likeness (QED) is 0.753. The first kappa shape index (κ1) is 14.9. The molecule has 0 saturated heterocycles. The molecule has 3 nitrogen and oxygen atoms in total. The van der Waals surface area contributed by atoms with Crippen LogP contribution in [0.3, 0.4) is 0 Å². The molecule has 110 valence electrons. The van der Waals surface area contributed by atoms with Crippen LogP contribution >= 0.6 is 0 Å². The molecule has 0 atom stereocenters. The van der Waals surface area contributed by atoms with Gasteiger partial charge in [-0.1, -0.05) is 45.6 Å². The van der Waals surface area contributed by atoms with Gasteiger partial charge in [-0.05, 0) is 37.0 Å². The number of imidazole rings is 1. The van der Waals surface area contributed by atoms with E-state index in [0.29, 0.717) is 5.95 Å². The predicted molar refractivity (Wildman–Crippen MR) is 86.8 cm³/mol. The van der Waals surface area contributed by atoms with E-state index < -0.39 is 0 Å². The van der Waals surface area contributed by atoms with Crippen molar-refractivity contribution in [2.45, 2.75) is 59.4 Å². The van der Waals surface area contributed by atoms with Gasteiger partial charge in [-0.3, -0.25) is 0 Å². The lowest BCUT2D eigenvalue weighted by Gasteiger charge is -2.07. The average molecular weight is 273 g/mol. The number of anilines is 1. The number of benzene rings is 1. The molecule has 0 spiro atoms. The van der Waals surface area contributed by atoms with Crippen molar-refractivity contribution in [1.82, 2.24) is 9.55 Å². The second kappa shape index (κ2) is 6.78. The number of hydrogen-bond donors (Lipinski definition) is 1. The van der Waals surface area contributed by atoms with Crippen LogP contribution in [0.15, 0.2) is 18.2 Å². The Kier molecular flexibility index (Phi) is 5.05. The molecule has 20 heavy (non-hydrogen) atoms. The van der Waals surface area contributed by atoms with Gasteiger partial charge >= 0.3 is 0 Å². The topological polar surface area (TPSA) is 43.8 Å². The van der Waals surface area contributed by atoms with Gasteiger partial charge in [0.2, 0.25) is 5.95 Å². The maximum atomic E-state index is 6.04. The molecule has 0 radical (unpaired) electrons. The molecule has 2 rings (SSSR count). The second-order valence-electron chi connectivity index (χ2n) is 6.21. The van der Waals surface area contributed by atoms with Crippen molar-refractivity contribution in [2.75, 3.05) is 5.73 Å². The highest BCUT2D eigenvalue weighted by Crippen LogP contribution is 2.20. The molecule has 0 unspecified atom stereocenters. The van der Waals surface area contributed by atoms with Crippen molar-refractivity contribution < 1.29 is 0 Å². The van der Waals surface area contributed by atoms with E-state index in [1.807, 2.05) is 0 Å². The largest absolute Gasteiger partial charge is 0.369 e. The standard InChI is InChI=1S/C17H27N3/c1-13(2)8-6-4-5-7-11-20-16-10-9-14(3)12-15(16)19-17(20)18/h9-10,12-13H,4-8,11H2,1-3H3,(H2,18,19). The van der Waals surface area contributed by atoms with Gasteiger partial charge in [0, 0.05) is 6.54 Å². The molecule has 0 aliphatic heterocycles. The van der Waals surface area contributed by atoms with E-state index in [2.05, 4.69) is 48.5 Å². The Morgan fingerprint density at radius 2 is 1.90 bits per heavy atom. The molecule has 2 aromatic rings. The summed E-state index contributed by atoms with van der Waals surface area (Å²) in [6.07, 6.45) is 6.47. The zero-order valence-electron chi connectivity index (χ0n) is 13.0. The molecule has 0 aliphatic carbocycles. The number of hydrogen-bond acceptors (Lipinski definition) is 2. The third-order valence-electron chi connectivity index (χ3n) is 3.85. The Morgan fingerprint density at radius 1 is 1.15 bits per heavy atom. The van der Waals surface area contributed by atoms with Crippen LogP contribution in [0.2, 0.25) is 0 Å². The Balaban J connectivity index is 1.88. The third kappa shape index (κ3) is 3.75. The third-order valence-corrected chi connectivity index (χ3v) is 3.85. The van der Waals surface area contributed by atoms with Crippen LogP contribution in [0.25, 0.3) is 11.0 Å². The number of nitrogen functional groups attached to an aromatic ring is 1. The molecule has 0 bridgehead atoms. The maximum absolute atomic E-state index is 6.04. The molecular formula is C17H27N3. The number of aromatic nitrogens is 2. The minimum absolute atomic E-state index is 0.646. The summed E-state index contributed by atoms with van der Waals surface area (Å²) in [6.45, 7) is 7.65. The monoisotopic (exact) mass is 273 g/mol. The van der Waals surface area contributed by atoms with E-state index in [4.69, 9.17) is 5.73 Å². The molecule has 0 fully saturated rings. The number of unbranched alkanes of at least 4 members (excludes halogenated alkanes) is 3. The Bertz CT molecular complexity index is 555. The zero-order chi connectivity index (χ0) is 14.5. The van der Waals surface area contributed by atoms with Gasteiger partial charge in [0.15, 0.2) is 0 Å². The van der Waals surface area contributed by atoms with Crippen LogP contribution < -0.4 is 5.73 Å². The highest BCUT2D eigenvalue weighted by atomic mass is 15.1. The first-order chi connectivity index (χ1) is 9.58. The van der Waals surface area contributed by atoms with E-state index in [1.165, 1.54) is 37.7 Å². The molecule has 0 saturated carbocycles. The smallest absolute Gasteiger partial charge is 0.201 e. The lowest BCUT2D eigenvalue weighted by Crippen LogP contribution is -2.03. The number of fused-ring (bicyclic) bond motifs is 1. The number of rotatable bonds is 7. The predicted octanol–water partition coefficient (Wildman–Crippen LogP) is 4.53. The molecule has 0 aliphatic rings. The lowest BCUT2D eigenvalue weighted by atomic mass is 10.0. The first-order valence-electron chi connectivity index (χ1n) is 7.80. The fourth-order valence-corrected chi connectivity index (χ4v) is 2.67. The van der Waals surface area contributed by atoms with Crippen molar-refractivity contribution >= 4 is 17.0 Å². The minimum atomic E-state index is 0.646.